The van der Waals surface area contributed by atoms with Gasteiger partial charge in [0.05, 0.1) is 0 Å². The summed E-state index contributed by atoms with van der Waals surface area (Å²) >= 11 is 0. The first-order chi connectivity index (χ1) is 6.16. The number of nitrogens with two attached hydrogens (primary N) is 1. The van der Waals surface area contributed by atoms with Crippen LogP contribution in [-0.4, -0.2) is 30.1 Å². The van der Waals surface area contributed by atoms with E-state index in [1.165, 1.54) is 25.8 Å². The fourth-order valence-electron chi connectivity index (χ4n) is 2.38. The normalized spacial score (nSPS) is 27.9. The summed E-state index contributed by atoms with van der Waals surface area (Å²) in [4.78, 5) is 2.61. The molecule has 2 unspecified atom stereocenters. The van der Waals surface area contributed by atoms with Crippen molar-refractivity contribution in [2.45, 2.75) is 52.1 Å². The van der Waals surface area contributed by atoms with E-state index in [1.807, 2.05) is 0 Å². The van der Waals surface area contributed by atoms with Crippen LogP contribution in [0.1, 0.15) is 40.0 Å². The number of piperidine rings is 1. The molecule has 0 radical (unpaired) electrons. The lowest BCUT2D eigenvalue weighted by atomic mass is 9.91. The Bertz CT molecular complexity index is 145. The smallest absolute Gasteiger partial charge is 0.0193 e. The molecule has 2 nitrogen and oxygen atoms in total. The van der Waals surface area contributed by atoms with Crippen molar-refractivity contribution in [1.29, 1.82) is 0 Å². The zero-order chi connectivity index (χ0) is 9.84. The predicted octanol–water partition coefficient (Wildman–Crippen LogP) is 1.84. The number of hydrogen-bond donors (Lipinski definition) is 1. The van der Waals surface area contributed by atoms with E-state index in [4.69, 9.17) is 5.73 Å². The van der Waals surface area contributed by atoms with Gasteiger partial charge in [0, 0.05) is 18.6 Å². The van der Waals surface area contributed by atoms with E-state index in [2.05, 4.69) is 25.7 Å². The highest BCUT2D eigenvalue weighted by atomic mass is 15.2. The highest BCUT2D eigenvalue weighted by molar-refractivity contribution is 4.83. The Kier molecular flexibility index (Phi) is 4.20. The zero-order valence-corrected chi connectivity index (χ0v) is 9.29. The van der Waals surface area contributed by atoms with Gasteiger partial charge in [-0.15, -0.1) is 0 Å². The van der Waals surface area contributed by atoms with Crippen LogP contribution in [0.4, 0.5) is 0 Å². The molecule has 0 aromatic carbocycles. The topological polar surface area (TPSA) is 29.3 Å². The summed E-state index contributed by atoms with van der Waals surface area (Å²) in [6.07, 6.45) is 4.12. The van der Waals surface area contributed by atoms with Gasteiger partial charge in [-0.05, 0) is 32.2 Å². The van der Waals surface area contributed by atoms with Crippen LogP contribution in [0.3, 0.4) is 0 Å². The Labute approximate surface area is 82.5 Å². The standard InChI is InChI=1S/C11H24N2/c1-9(2)11-6-4-5-7-13(11)10(3)8-12/h9-11H,4-8,12H2,1-3H3. The number of hydrogen-bond acceptors (Lipinski definition) is 2. The second-order valence-electron chi connectivity index (χ2n) is 4.63. The molecule has 2 atom stereocenters. The molecule has 1 fully saturated rings. The molecule has 0 aliphatic carbocycles. The maximum absolute atomic E-state index is 5.72. The molecule has 78 valence electrons. The molecule has 0 spiro atoms. The molecule has 0 bridgehead atoms. The molecule has 13 heavy (non-hydrogen) atoms. The minimum atomic E-state index is 0.563. The number of likely N-dealkylation sites (tertiary alicyclic amines) is 1. The van der Waals surface area contributed by atoms with Crippen LogP contribution in [0.15, 0.2) is 0 Å². The Morgan fingerprint density at radius 1 is 1.31 bits per heavy atom. The first kappa shape index (κ1) is 11.0. The summed E-state index contributed by atoms with van der Waals surface area (Å²) < 4.78 is 0. The van der Waals surface area contributed by atoms with Crippen molar-refractivity contribution in [1.82, 2.24) is 4.90 Å². The molecule has 0 aromatic heterocycles. The SMILES string of the molecule is CC(C)C1CCCCN1C(C)CN. The quantitative estimate of drug-likeness (QED) is 0.725. The van der Waals surface area contributed by atoms with Crippen LogP contribution in [0.25, 0.3) is 0 Å². The van der Waals surface area contributed by atoms with Gasteiger partial charge in [-0.3, -0.25) is 4.90 Å². The average Bonchev–Trinajstić information content (AvgIpc) is 2.16. The predicted molar refractivity (Wildman–Crippen MR) is 57.7 cm³/mol. The van der Waals surface area contributed by atoms with Gasteiger partial charge in [-0.1, -0.05) is 20.3 Å². The van der Waals surface area contributed by atoms with Crippen LogP contribution >= 0.6 is 0 Å². The lowest BCUT2D eigenvalue weighted by Crippen LogP contribution is -2.50. The summed E-state index contributed by atoms with van der Waals surface area (Å²) in [6.45, 7) is 8.95. The fraction of sp³-hybridized carbons (Fsp3) is 1.00. The van der Waals surface area contributed by atoms with E-state index in [-0.39, 0.29) is 0 Å². The van der Waals surface area contributed by atoms with Crippen molar-refractivity contribution in [2.75, 3.05) is 13.1 Å². The van der Waals surface area contributed by atoms with Crippen LogP contribution in [0.5, 0.6) is 0 Å². The maximum Gasteiger partial charge on any atom is 0.0193 e. The summed E-state index contributed by atoms with van der Waals surface area (Å²) in [5, 5.41) is 0. The summed E-state index contributed by atoms with van der Waals surface area (Å²) in [6, 6.07) is 1.33. The fourth-order valence-corrected chi connectivity index (χ4v) is 2.38. The van der Waals surface area contributed by atoms with E-state index in [0.29, 0.717) is 6.04 Å². The second kappa shape index (κ2) is 4.97. The van der Waals surface area contributed by atoms with Crippen LogP contribution in [-0.2, 0) is 0 Å². The summed E-state index contributed by atoms with van der Waals surface area (Å²) in [5.41, 5.74) is 5.72. The van der Waals surface area contributed by atoms with E-state index in [1.54, 1.807) is 0 Å². The third-order valence-corrected chi connectivity index (χ3v) is 3.27. The van der Waals surface area contributed by atoms with Gasteiger partial charge < -0.3 is 5.73 Å². The van der Waals surface area contributed by atoms with Crippen molar-refractivity contribution in [2.24, 2.45) is 11.7 Å². The summed E-state index contributed by atoms with van der Waals surface area (Å²) in [7, 11) is 0. The van der Waals surface area contributed by atoms with Crippen molar-refractivity contribution in [3.8, 4) is 0 Å². The molecule has 1 aliphatic rings. The Morgan fingerprint density at radius 2 is 2.00 bits per heavy atom. The van der Waals surface area contributed by atoms with Crippen molar-refractivity contribution < 1.29 is 0 Å². The van der Waals surface area contributed by atoms with Crippen LogP contribution in [0, 0.1) is 5.92 Å². The molecule has 1 saturated heterocycles. The largest absolute Gasteiger partial charge is 0.329 e. The lowest BCUT2D eigenvalue weighted by molar-refractivity contribution is 0.0766. The second-order valence-corrected chi connectivity index (χ2v) is 4.63. The molecule has 2 heteroatoms. The van der Waals surface area contributed by atoms with E-state index in [9.17, 15) is 0 Å². The number of rotatable bonds is 3. The van der Waals surface area contributed by atoms with Gasteiger partial charge in [0.15, 0.2) is 0 Å². The van der Waals surface area contributed by atoms with Gasteiger partial charge in [-0.2, -0.15) is 0 Å². The molecule has 0 amide bonds. The first-order valence-electron chi connectivity index (χ1n) is 5.62. The molecule has 0 aromatic rings. The third-order valence-electron chi connectivity index (χ3n) is 3.27. The van der Waals surface area contributed by atoms with E-state index >= 15 is 0 Å². The van der Waals surface area contributed by atoms with Gasteiger partial charge >= 0.3 is 0 Å². The van der Waals surface area contributed by atoms with Crippen molar-refractivity contribution >= 4 is 0 Å². The molecule has 1 rings (SSSR count). The molecule has 1 heterocycles. The van der Waals surface area contributed by atoms with E-state index in [0.717, 1.165) is 18.5 Å². The Morgan fingerprint density at radius 3 is 2.54 bits per heavy atom. The first-order valence-corrected chi connectivity index (χ1v) is 5.62. The monoisotopic (exact) mass is 184 g/mol. The highest BCUT2D eigenvalue weighted by Gasteiger charge is 2.27. The minimum absolute atomic E-state index is 0.563. The van der Waals surface area contributed by atoms with Gasteiger partial charge in [-0.25, -0.2) is 0 Å². The molecule has 0 saturated carbocycles. The number of nitrogens with zero attached hydrogens (tertiary/aromatic N) is 1. The maximum atomic E-state index is 5.72. The summed E-state index contributed by atoms with van der Waals surface area (Å²) in [5.74, 6) is 0.772. The lowest BCUT2D eigenvalue weighted by Gasteiger charge is -2.41. The van der Waals surface area contributed by atoms with Crippen LogP contribution < -0.4 is 5.73 Å². The molecule has 1 aliphatic heterocycles. The van der Waals surface area contributed by atoms with Gasteiger partial charge in [0.1, 0.15) is 0 Å². The minimum Gasteiger partial charge on any atom is -0.329 e. The highest BCUT2D eigenvalue weighted by Crippen LogP contribution is 2.24. The zero-order valence-electron chi connectivity index (χ0n) is 9.29. The van der Waals surface area contributed by atoms with Crippen molar-refractivity contribution in [3.63, 3.8) is 0 Å². The van der Waals surface area contributed by atoms with Gasteiger partial charge in [0.2, 0.25) is 0 Å². The molecular weight excluding hydrogens is 160 g/mol. The average molecular weight is 184 g/mol. The van der Waals surface area contributed by atoms with Crippen LogP contribution in [0.2, 0.25) is 0 Å². The van der Waals surface area contributed by atoms with Gasteiger partial charge in [0.25, 0.3) is 0 Å². The molecular formula is C11H24N2. The Hall–Kier alpha value is -0.0800. The Balaban J connectivity index is 2.56. The van der Waals surface area contributed by atoms with Crippen molar-refractivity contribution in [3.05, 3.63) is 0 Å². The molecule has 2 N–H and O–H groups in total. The third kappa shape index (κ3) is 2.68. The van der Waals surface area contributed by atoms with E-state index < -0.39 is 0 Å².